The van der Waals surface area contributed by atoms with Gasteiger partial charge in [0.15, 0.2) is 0 Å². The molecule has 1 aromatic heterocycles. The van der Waals surface area contributed by atoms with Crippen molar-refractivity contribution in [2.75, 3.05) is 5.32 Å². The number of anilines is 1. The van der Waals surface area contributed by atoms with Crippen LogP contribution in [0.15, 0.2) is 41.8 Å². The Kier molecular flexibility index (Phi) is 3.61. The monoisotopic (exact) mass is 271 g/mol. The number of alkyl halides is 3. The third-order valence-electron chi connectivity index (χ3n) is 2.57. The van der Waals surface area contributed by atoms with Crippen molar-refractivity contribution in [1.29, 1.82) is 0 Å². The molecule has 0 amide bonds. The van der Waals surface area contributed by atoms with Crippen molar-refractivity contribution in [3.63, 3.8) is 0 Å². The first-order valence-corrected chi connectivity index (χ1v) is 6.32. The molecule has 2 rings (SSSR count). The molecule has 0 saturated heterocycles. The molecule has 0 radical (unpaired) electrons. The van der Waals surface area contributed by atoms with E-state index < -0.39 is 11.7 Å². The normalized spacial score (nSPS) is 13.3. The Morgan fingerprint density at radius 3 is 2.44 bits per heavy atom. The van der Waals surface area contributed by atoms with Crippen molar-refractivity contribution in [2.45, 2.75) is 19.1 Å². The summed E-state index contributed by atoms with van der Waals surface area (Å²) in [6, 6.07) is 9.17. The second-order valence-corrected chi connectivity index (χ2v) is 4.90. The summed E-state index contributed by atoms with van der Waals surface area (Å²) in [5.41, 5.74) is -0.515. The first kappa shape index (κ1) is 13.0. The van der Waals surface area contributed by atoms with Crippen LogP contribution in [0.4, 0.5) is 18.9 Å². The van der Waals surface area contributed by atoms with Gasteiger partial charge >= 0.3 is 6.18 Å². The van der Waals surface area contributed by atoms with E-state index in [2.05, 4.69) is 5.32 Å². The highest BCUT2D eigenvalue weighted by molar-refractivity contribution is 7.10. The zero-order valence-electron chi connectivity index (χ0n) is 9.66. The molecule has 5 heteroatoms. The molecule has 1 N–H and O–H groups in total. The third-order valence-corrected chi connectivity index (χ3v) is 3.63. The van der Waals surface area contributed by atoms with Gasteiger partial charge in [-0.15, -0.1) is 11.3 Å². The fourth-order valence-electron chi connectivity index (χ4n) is 1.70. The van der Waals surface area contributed by atoms with Gasteiger partial charge in [-0.2, -0.15) is 13.2 Å². The number of thiophene rings is 1. The van der Waals surface area contributed by atoms with E-state index in [0.717, 1.165) is 10.9 Å². The van der Waals surface area contributed by atoms with Crippen LogP contribution in [0.2, 0.25) is 0 Å². The molecule has 96 valence electrons. The zero-order chi connectivity index (χ0) is 13.2. The van der Waals surface area contributed by atoms with Crippen LogP contribution in [0.5, 0.6) is 0 Å². The molecule has 0 aliphatic carbocycles. The zero-order valence-corrected chi connectivity index (χ0v) is 10.5. The van der Waals surface area contributed by atoms with Gasteiger partial charge < -0.3 is 5.32 Å². The summed E-state index contributed by atoms with van der Waals surface area (Å²) in [7, 11) is 0. The number of halogens is 3. The van der Waals surface area contributed by atoms with Crippen LogP contribution in [-0.2, 0) is 6.18 Å². The lowest BCUT2D eigenvalue weighted by molar-refractivity contribution is -0.137. The highest BCUT2D eigenvalue weighted by Gasteiger charge is 2.33. The van der Waals surface area contributed by atoms with Gasteiger partial charge in [0.25, 0.3) is 0 Å². The van der Waals surface area contributed by atoms with Crippen LogP contribution in [0.1, 0.15) is 23.4 Å². The first-order chi connectivity index (χ1) is 8.48. The Bertz CT molecular complexity index is 505. The minimum atomic E-state index is -4.33. The van der Waals surface area contributed by atoms with Crippen LogP contribution in [-0.4, -0.2) is 0 Å². The molecule has 0 bridgehead atoms. The van der Waals surface area contributed by atoms with E-state index in [1.54, 1.807) is 6.07 Å². The van der Waals surface area contributed by atoms with Crippen molar-refractivity contribution in [3.05, 3.63) is 52.2 Å². The van der Waals surface area contributed by atoms with Crippen molar-refractivity contribution in [3.8, 4) is 0 Å². The lowest BCUT2D eigenvalue weighted by Crippen LogP contribution is -2.12. The predicted octanol–water partition coefficient (Wildman–Crippen LogP) is 4.94. The summed E-state index contributed by atoms with van der Waals surface area (Å²) in [6.45, 7) is 1.85. The molecule has 0 aliphatic rings. The van der Waals surface area contributed by atoms with E-state index in [-0.39, 0.29) is 11.7 Å². The van der Waals surface area contributed by atoms with Crippen LogP contribution >= 0.6 is 11.3 Å². The fourth-order valence-corrected chi connectivity index (χ4v) is 2.43. The van der Waals surface area contributed by atoms with Crippen LogP contribution in [0.3, 0.4) is 0 Å². The first-order valence-electron chi connectivity index (χ1n) is 5.44. The largest absolute Gasteiger partial charge is 0.418 e. The lowest BCUT2D eigenvalue weighted by atomic mass is 10.1. The number of benzene rings is 1. The van der Waals surface area contributed by atoms with E-state index >= 15 is 0 Å². The number of para-hydroxylation sites is 1. The second kappa shape index (κ2) is 5.02. The summed E-state index contributed by atoms with van der Waals surface area (Å²) >= 11 is 1.52. The molecule has 1 atom stereocenters. The molecule has 0 fully saturated rings. The van der Waals surface area contributed by atoms with Gasteiger partial charge in [-0.1, -0.05) is 18.2 Å². The van der Waals surface area contributed by atoms with Crippen LogP contribution < -0.4 is 5.32 Å². The Labute approximate surface area is 107 Å². The Balaban J connectivity index is 2.24. The molecular formula is C13H12F3NS. The maximum atomic E-state index is 12.8. The molecule has 0 aliphatic heterocycles. The Hall–Kier alpha value is -1.49. The smallest absolute Gasteiger partial charge is 0.377 e. The summed E-state index contributed by atoms with van der Waals surface area (Å²) in [5.74, 6) is 0. The van der Waals surface area contributed by atoms with Gasteiger partial charge in [0.05, 0.1) is 11.6 Å². The highest BCUT2D eigenvalue weighted by atomic mass is 32.1. The number of nitrogens with one attached hydrogen (secondary N) is 1. The molecule has 0 spiro atoms. The Morgan fingerprint density at radius 2 is 1.83 bits per heavy atom. The standard InChI is InChI=1S/C13H12F3NS/c1-9(12-7-4-8-18-12)17-11-6-3-2-5-10(11)13(14,15)16/h2-9,17H,1H3. The molecule has 2 aromatic rings. The molecule has 1 aromatic carbocycles. The molecule has 1 heterocycles. The van der Waals surface area contributed by atoms with Crippen molar-refractivity contribution < 1.29 is 13.2 Å². The number of hydrogen-bond donors (Lipinski definition) is 1. The van der Waals surface area contributed by atoms with Crippen LogP contribution in [0, 0.1) is 0 Å². The topological polar surface area (TPSA) is 12.0 Å². The minimum Gasteiger partial charge on any atom is -0.377 e. The molecular weight excluding hydrogens is 259 g/mol. The number of rotatable bonds is 3. The Morgan fingerprint density at radius 1 is 1.11 bits per heavy atom. The van der Waals surface area contributed by atoms with Crippen molar-refractivity contribution in [2.24, 2.45) is 0 Å². The molecule has 18 heavy (non-hydrogen) atoms. The second-order valence-electron chi connectivity index (χ2n) is 3.92. The van der Waals surface area contributed by atoms with E-state index in [4.69, 9.17) is 0 Å². The lowest BCUT2D eigenvalue weighted by Gasteiger charge is -2.18. The van der Waals surface area contributed by atoms with E-state index in [1.807, 2.05) is 24.4 Å². The van der Waals surface area contributed by atoms with E-state index in [1.165, 1.54) is 23.5 Å². The van der Waals surface area contributed by atoms with Crippen molar-refractivity contribution in [1.82, 2.24) is 0 Å². The van der Waals surface area contributed by atoms with Gasteiger partial charge in [-0.05, 0) is 30.5 Å². The van der Waals surface area contributed by atoms with E-state index in [9.17, 15) is 13.2 Å². The van der Waals surface area contributed by atoms with Crippen LogP contribution in [0.25, 0.3) is 0 Å². The van der Waals surface area contributed by atoms with Gasteiger partial charge in [-0.3, -0.25) is 0 Å². The average molecular weight is 271 g/mol. The van der Waals surface area contributed by atoms with Crippen molar-refractivity contribution >= 4 is 17.0 Å². The molecule has 0 saturated carbocycles. The SMILES string of the molecule is CC(Nc1ccccc1C(F)(F)F)c1cccs1. The third kappa shape index (κ3) is 2.85. The summed E-state index contributed by atoms with van der Waals surface area (Å²) in [5, 5.41) is 4.82. The van der Waals surface area contributed by atoms with Gasteiger partial charge in [0, 0.05) is 10.6 Å². The highest BCUT2D eigenvalue weighted by Crippen LogP contribution is 2.36. The fraction of sp³-hybridized carbons (Fsp3) is 0.231. The average Bonchev–Trinajstić information content (AvgIpc) is 2.81. The van der Waals surface area contributed by atoms with Gasteiger partial charge in [-0.25, -0.2) is 0 Å². The quantitative estimate of drug-likeness (QED) is 0.833. The maximum Gasteiger partial charge on any atom is 0.418 e. The minimum absolute atomic E-state index is 0.117. The molecule has 1 nitrogen and oxygen atoms in total. The maximum absolute atomic E-state index is 12.8. The predicted molar refractivity (Wildman–Crippen MR) is 67.8 cm³/mol. The summed E-state index contributed by atoms with van der Waals surface area (Å²) < 4.78 is 38.4. The van der Waals surface area contributed by atoms with Gasteiger partial charge in [0.2, 0.25) is 0 Å². The summed E-state index contributed by atoms with van der Waals surface area (Å²) in [4.78, 5) is 1.01. The summed E-state index contributed by atoms with van der Waals surface area (Å²) in [6.07, 6.45) is -4.33. The van der Waals surface area contributed by atoms with E-state index in [0.29, 0.717) is 0 Å². The number of hydrogen-bond acceptors (Lipinski definition) is 2. The van der Waals surface area contributed by atoms with Gasteiger partial charge in [0.1, 0.15) is 0 Å². The molecule has 1 unspecified atom stereocenters.